The average molecular weight is 586 g/mol. The van der Waals surface area contributed by atoms with Crippen LogP contribution in [0.5, 0.6) is 5.88 Å². The smallest absolute Gasteiger partial charge is 0.219 e. The molecule has 10 heteroatoms. The zero-order valence-corrected chi connectivity index (χ0v) is 25.2. The summed E-state index contributed by atoms with van der Waals surface area (Å²) in [5.74, 6) is 0.675. The SMILES string of the molecule is C=C[C@H](Oc1cc(/N=C(/C=C\N)c2ccncc2)nc(/C(N)=C2\CCC[C@@]3(CCCCC3=O)C2=O)n1)[C@@H](C)CCCNC. The number of ketones is 2. The summed E-state index contributed by atoms with van der Waals surface area (Å²) in [7, 11) is 1.93. The van der Waals surface area contributed by atoms with Crippen molar-refractivity contribution in [3.8, 4) is 5.88 Å². The fourth-order valence-electron chi connectivity index (χ4n) is 5.96. The molecule has 0 amide bonds. The topological polar surface area (TPSA) is 158 Å². The number of allylic oxidation sites excluding steroid dienone is 2. The van der Waals surface area contributed by atoms with Crippen molar-refractivity contribution in [3.63, 3.8) is 0 Å². The van der Waals surface area contributed by atoms with Crippen molar-refractivity contribution in [2.45, 2.75) is 70.8 Å². The normalized spacial score (nSPS) is 22.0. The number of aromatic nitrogens is 3. The van der Waals surface area contributed by atoms with Gasteiger partial charge in [-0.15, -0.1) is 0 Å². The van der Waals surface area contributed by atoms with Crippen LogP contribution in [-0.4, -0.2) is 51.9 Å². The van der Waals surface area contributed by atoms with Gasteiger partial charge in [-0.05, 0) is 88.9 Å². The van der Waals surface area contributed by atoms with E-state index in [0.29, 0.717) is 43.4 Å². The van der Waals surface area contributed by atoms with Crippen LogP contribution >= 0.6 is 0 Å². The molecule has 2 aromatic rings. The fourth-order valence-corrected chi connectivity index (χ4v) is 5.96. The van der Waals surface area contributed by atoms with Crippen molar-refractivity contribution in [2.75, 3.05) is 13.6 Å². The van der Waals surface area contributed by atoms with E-state index < -0.39 is 5.41 Å². The zero-order chi connectivity index (χ0) is 30.8. The minimum atomic E-state index is -0.983. The Morgan fingerprint density at radius 2 is 1.95 bits per heavy atom. The minimum Gasteiger partial charge on any atom is -0.470 e. The van der Waals surface area contributed by atoms with Gasteiger partial charge in [0.05, 0.1) is 16.8 Å². The number of aliphatic imine (C=N–C) groups is 1. The van der Waals surface area contributed by atoms with Crippen LogP contribution in [0.3, 0.4) is 0 Å². The van der Waals surface area contributed by atoms with E-state index in [1.807, 2.05) is 19.2 Å². The highest BCUT2D eigenvalue weighted by Crippen LogP contribution is 2.45. The number of nitrogens with one attached hydrogen (secondary N) is 1. The number of hydrogen-bond donors (Lipinski definition) is 3. The third-order valence-corrected chi connectivity index (χ3v) is 8.39. The van der Waals surface area contributed by atoms with Crippen LogP contribution in [0.1, 0.15) is 76.1 Å². The lowest BCUT2D eigenvalue weighted by atomic mass is 9.62. The molecule has 10 nitrogen and oxygen atoms in total. The van der Waals surface area contributed by atoms with Crippen LogP contribution in [0.4, 0.5) is 5.82 Å². The van der Waals surface area contributed by atoms with E-state index >= 15 is 0 Å². The van der Waals surface area contributed by atoms with Gasteiger partial charge >= 0.3 is 0 Å². The Labute approximate surface area is 253 Å². The van der Waals surface area contributed by atoms with Gasteiger partial charge in [0, 0.05) is 36.0 Å². The van der Waals surface area contributed by atoms with Crippen molar-refractivity contribution in [1.82, 2.24) is 20.3 Å². The van der Waals surface area contributed by atoms with E-state index in [1.165, 1.54) is 6.20 Å². The Morgan fingerprint density at radius 3 is 2.65 bits per heavy atom. The predicted octanol–water partition coefficient (Wildman–Crippen LogP) is 4.59. The fraction of sp³-hybridized carbons (Fsp3) is 0.455. The molecule has 0 saturated heterocycles. The molecule has 43 heavy (non-hydrogen) atoms. The molecule has 0 aromatic carbocycles. The number of ether oxygens (including phenoxy) is 1. The van der Waals surface area contributed by atoms with E-state index in [2.05, 4.69) is 33.8 Å². The third kappa shape index (κ3) is 7.43. The van der Waals surface area contributed by atoms with Gasteiger partial charge < -0.3 is 21.5 Å². The van der Waals surface area contributed by atoms with Gasteiger partial charge in [-0.3, -0.25) is 14.6 Å². The van der Waals surface area contributed by atoms with Crippen LogP contribution in [0.2, 0.25) is 0 Å². The summed E-state index contributed by atoms with van der Waals surface area (Å²) in [6.45, 7) is 6.99. The first-order chi connectivity index (χ1) is 20.8. The zero-order valence-electron chi connectivity index (χ0n) is 25.2. The summed E-state index contributed by atoms with van der Waals surface area (Å²) >= 11 is 0. The van der Waals surface area contributed by atoms with Gasteiger partial charge in [0.2, 0.25) is 5.88 Å². The molecule has 2 fully saturated rings. The summed E-state index contributed by atoms with van der Waals surface area (Å²) < 4.78 is 6.35. The molecule has 5 N–H and O–H groups in total. The van der Waals surface area contributed by atoms with Crippen LogP contribution in [0.15, 0.2) is 66.1 Å². The van der Waals surface area contributed by atoms with Crippen LogP contribution < -0.4 is 21.5 Å². The van der Waals surface area contributed by atoms with Gasteiger partial charge in [0.25, 0.3) is 0 Å². The second-order valence-electron chi connectivity index (χ2n) is 11.3. The first-order valence-corrected chi connectivity index (χ1v) is 15.1. The number of nitrogens with zero attached hydrogens (tertiary/aromatic N) is 4. The summed E-state index contributed by atoms with van der Waals surface area (Å²) in [5, 5.41) is 3.17. The monoisotopic (exact) mass is 585 g/mol. The molecule has 0 unspecified atom stereocenters. The van der Waals surface area contributed by atoms with E-state index in [0.717, 1.165) is 37.8 Å². The Kier molecular flexibility index (Phi) is 10.9. The minimum absolute atomic E-state index is 0.0219. The molecule has 2 heterocycles. The summed E-state index contributed by atoms with van der Waals surface area (Å²) in [6, 6.07) is 5.27. The number of rotatable bonds is 12. The van der Waals surface area contributed by atoms with Crippen molar-refractivity contribution >= 4 is 28.8 Å². The number of nitrogens with two attached hydrogens (primary N) is 2. The molecule has 0 radical (unpaired) electrons. The third-order valence-electron chi connectivity index (χ3n) is 8.39. The van der Waals surface area contributed by atoms with Crippen molar-refractivity contribution < 1.29 is 14.3 Å². The van der Waals surface area contributed by atoms with Gasteiger partial charge in [0.1, 0.15) is 11.9 Å². The largest absolute Gasteiger partial charge is 0.470 e. The summed E-state index contributed by atoms with van der Waals surface area (Å²) in [4.78, 5) is 45.1. The lowest BCUT2D eigenvalue weighted by Crippen LogP contribution is -2.45. The molecule has 2 saturated carbocycles. The van der Waals surface area contributed by atoms with E-state index in [-0.39, 0.29) is 46.8 Å². The van der Waals surface area contributed by atoms with E-state index in [9.17, 15) is 9.59 Å². The average Bonchev–Trinajstić information content (AvgIpc) is 3.02. The molecule has 228 valence electrons. The van der Waals surface area contributed by atoms with Crippen LogP contribution in [-0.2, 0) is 9.59 Å². The first-order valence-electron chi connectivity index (χ1n) is 15.1. The molecular weight excluding hydrogens is 542 g/mol. The summed E-state index contributed by atoms with van der Waals surface area (Å²) in [5.41, 5.74) is 13.3. The molecule has 2 aliphatic carbocycles. The number of carbonyl (C=O) groups is 2. The highest BCUT2D eigenvalue weighted by molar-refractivity contribution is 6.17. The highest BCUT2D eigenvalue weighted by atomic mass is 16.5. The Morgan fingerprint density at radius 1 is 1.19 bits per heavy atom. The molecule has 3 atom stereocenters. The Hall–Kier alpha value is -4.18. The maximum Gasteiger partial charge on any atom is 0.219 e. The molecule has 0 bridgehead atoms. The number of Topliss-reactive ketones (excluding diaryl/α,β-unsaturated/α-hetero) is 2. The second-order valence-corrected chi connectivity index (χ2v) is 11.3. The first kappa shape index (κ1) is 31.7. The lowest BCUT2D eigenvalue weighted by Gasteiger charge is -2.38. The maximum atomic E-state index is 13.9. The predicted molar refractivity (Wildman–Crippen MR) is 169 cm³/mol. The van der Waals surface area contributed by atoms with Gasteiger partial charge in [-0.25, -0.2) is 9.98 Å². The molecule has 2 aromatic heterocycles. The molecule has 2 aliphatic rings. The Bertz CT molecular complexity index is 1400. The van der Waals surface area contributed by atoms with Crippen molar-refractivity contribution in [2.24, 2.45) is 27.8 Å². The van der Waals surface area contributed by atoms with E-state index in [1.54, 1.807) is 30.6 Å². The standard InChI is InChI=1S/C33H43N7O3/c1-4-26(22(2)9-8-18-36-3)43-29-21-28(38-25(12-17-34)23-13-19-37-20-14-23)39-32(40-29)30(35)24-10-7-16-33(31(24)42)15-6-5-11-27(33)41/h4,12-14,17,19-22,26,36H,1,5-11,15-16,18,34-35H2,2-3H3/b17-12-,30-24-,38-25-/t22-,26-,33+/m0/s1. The molecule has 0 aliphatic heterocycles. The molecule has 1 spiro atoms. The number of hydrogen-bond acceptors (Lipinski definition) is 10. The second kappa shape index (κ2) is 14.8. The maximum absolute atomic E-state index is 13.9. The van der Waals surface area contributed by atoms with Crippen molar-refractivity contribution in [1.29, 1.82) is 0 Å². The van der Waals surface area contributed by atoms with Gasteiger partial charge in [-0.1, -0.05) is 26.0 Å². The summed E-state index contributed by atoms with van der Waals surface area (Å²) in [6.07, 6.45) is 14.1. The quantitative estimate of drug-likeness (QED) is 0.106. The highest BCUT2D eigenvalue weighted by Gasteiger charge is 2.49. The van der Waals surface area contributed by atoms with Gasteiger partial charge in [0.15, 0.2) is 17.4 Å². The Balaban J connectivity index is 1.78. The number of carbonyl (C=O) groups excluding carboxylic acids is 2. The lowest BCUT2D eigenvalue weighted by molar-refractivity contribution is -0.143. The van der Waals surface area contributed by atoms with E-state index in [4.69, 9.17) is 21.2 Å². The van der Waals surface area contributed by atoms with Crippen LogP contribution in [0.25, 0.3) is 5.70 Å². The molecule has 4 rings (SSSR count). The van der Waals surface area contributed by atoms with Crippen molar-refractivity contribution in [3.05, 3.63) is 72.5 Å². The van der Waals surface area contributed by atoms with Gasteiger partial charge in [-0.2, -0.15) is 4.98 Å². The molecular formula is C33H43N7O3. The number of pyridine rings is 1. The van der Waals surface area contributed by atoms with Crippen LogP contribution in [0, 0.1) is 11.3 Å².